The molecule has 1 aromatic carbocycles. The Kier molecular flexibility index (Phi) is 4.45. The lowest BCUT2D eigenvalue weighted by atomic mass is 9.90. The number of hydrogen-bond donors (Lipinski definition) is 1. The van der Waals surface area contributed by atoms with E-state index in [9.17, 15) is 9.59 Å². The van der Waals surface area contributed by atoms with Crippen molar-refractivity contribution in [3.8, 4) is 0 Å². The van der Waals surface area contributed by atoms with Crippen molar-refractivity contribution >= 4 is 22.9 Å². The van der Waals surface area contributed by atoms with Crippen LogP contribution in [0.2, 0.25) is 0 Å². The number of hydrogen-bond acceptors (Lipinski definition) is 4. The predicted octanol–water partition coefficient (Wildman–Crippen LogP) is 1.35. The predicted molar refractivity (Wildman–Crippen MR) is 60.4 cm³/mol. The quantitative estimate of drug-likeness (QED) is 0.704. The summed E-state index contributed by atoms with van der Waals surface area (Å²) in [6.45, 7) is 1.66. The molecule has 0 radical (unpaired) electrons. The molecule has 1 N–H and O–H groups in total. The average molecular weight is 253 g/mol. The summed E-state index contributed by atoms with van der Waals surface area (Å²) in [4.78, 5) is 23.0. The Bertz CT molecular complexity index is 514. The number of fused-ring (bicyclic) bond motifs is 1. The highest BCUT2D eigenvalue weighted by atomic mass is 32.2. The standard InChI is InChI=1S/C11H8O2.H2O3S/c1-7-6-10(12)8-4-2-3-5-9(8)11(7)13;1-4(2)3/h2-6H,1H3;(H2,1,2,3)/p-1. The zero-order valence-electron chi connectivity index (χ0n) is 8.88. The van der Waals surface area contributed by atoms with Crippen LogP contribution in [0, 0.1) is 0 Å². The van der Waals surface area contributed by atoms with Crippen molar-refractivity contribution in [2.75, 3.05) is 0 Å². The number of Topliss-reactive ketones (excluding diaryl/α,β-unsaturated/α-hetero) is 1. The molecule has 6 heteroatoms. The van der Waals surface area contributed by atoms with Crippen LogP contribution in [0.4, 0.5) is 0 Å². The zero-order valence-corrected chi connectivity index (χ0v) is 9.69. The van der Waals surface area contributed by atoms with Gasteiger partial charge in [-0.15, -0.1) is 0 Å². The van der Waals surface area contributed by atoms with Gasteiger partial charge >= 0.3 is 0 Å². The zero-order chi connectivity index (χ0) is 13.0. The molecule has 90 valence electrons. The van der Waals surface area contributed by atoms with E-state index in [2.05, 4.69) is 0 Å². The Hall–Kier alpha value is -1.63. The fraction of sp³-hybridized carbons (Fsp3) is 0.0909. The second-order valence-corrected chi connectivity index (χ2v) is 3.72. The molecule has 0 heterocycles. The summed E-state index contributed by atoms with van der Waals surface area (Å²) < 4.78 is 24.1. The Morgan fingerprint density at radius 2 is 1.65 bits per heavy atom. The lowest BCUT2D eigenvalue weighted by Crippen LogP contribution is -2.14. The van der Waals surface area contributed by atoms with Gasteiger partial charge < -0.3 is 9.11 Å². The molecule has 5 nitrogen and oxygen atoms in total. The van der Waals surface area contributed by atoms with E-state index in [4.69, 9.17) is 13.3 Å². The maximum absolute atomic E-state index is 11.5. The van der Waals surface area contributed by atoms with Gasteiger partial charge in [-0.3, -0.25) is 9.59 Å². The molecule has 1 aromatic rings. The molecule has 0 bridgehead atoms. The Morgan fingerprint density at radius 1 is 1.18 bits per heavy atom. The molecule has 0 saturated carbocycles. The highest BCUT2D eigenvalue weighted by Gasteiger charge is 2.21. The van der Waals surface area contributed by atoms with Gasteiger partial charge in [-0.2, -0.15) is 0 Å². The van der Waals surface area contributed by atoms with Gasteiger partial charge in [0.1, 0.15) is 0 Å². The van der Waals surface area contributed by atoms with Crippen molar-refractivity contribution in [3.05, 3.63) is 47.0 Å². The maximum Gasteiger partial charge on any atom is 0.189 e. The number of benzene rings is 1. The van der Waals surface area contributed by atoms with Gasteiger partial charge in [-0.25, -0.2) is 4.21 Å². The highest BCUT2D eigenvalue weighted by molar-refractivity contribution is 7.73. The first kappa shape index (κ1) is 13.4. The summed E-state index contributed by atoms with van der Waals surface area (Å²) in [5.74, 6) is -0.122. The number of allylic oxidation sites excluding steroid dienone is 2. The molecule has 1 unspecified atom stereocenters. The van der Waals surface area contributed by atoms with Crippen LogP contribution in [0.3, 0.4) is 0 Å². The third kappa shape index (κ3) is 3.42. The fourth-order valence-electron chi connectivity index (χ4n) is 1.45. The minimum atomic E-state index is -2.86. The van der Waals surface area contributed by atoms with Crippen molar-refractivity contribution in [3.63, 3.8) is 0 Å². The Morgan fingerprint density at radius 3 is 2.18 bits per heavy atom. The summed E-state index contributed by atoms with van der Waals surface area (Å²) in [6, 6.07) is 6.89. The monoisotopic (exact) mass is 253 g/mol. The fourth-order valence-corrected chi connectivity index (χ4v) is 1.45. The molecule has 0 aliphatic heterocycles. The average Bonchev–Trinajstić information content (AvgIpc) is 2.25. The number of carbonyl (C=O) groups is 2. The van der Waals surface area contributed by atoms with Gasteiger partial charge in [0.2, 0.25) is 0 Å². The van der Waals surface area contributed by atoms with E-state index in [1.54, 1.807) is 31.2 Å². The van der Waals surface area contributed by atoms with E-state index in [0.29, 0.717) is 16.7 Å². The van der Waals surface area contributed by atoms with Crippen LogP contribution in [-0.2, 0) is 11.4 Å². The second kappa shape index (κ2) is 5.62. The molecule has 1 aliphatic rings. The van der Waals surface area contributed by atoms with Crippen molar-refractivity contribution in [2.24, 2.45) is 0 Å². The molecule has 17 heavy (non-hydrogen) atoms. The molecular formula is C11H9O5S-. The SMILES string of the molecule is CC1=CC(=O)c2ccccc2C1=O.O=S([O-])O. The summed E-state index contributed by atoms with van der Waals surface area (Å²) in [7, 11) is 0. The van der Waals surface area contributed by atoms with E-state index < -0.39 is 11.4 Å². The van der Waals surface area contributed by atoms with Crippen LogP contribution in [-0.4, -0.2) is 24.9 Å². The van der Waals surface area contributed by atoms with E-state index in [-0.39, 0.29) is 11.6 Å². The molecule has 1 atom stereocenters. The maximum atomic E-state index is 11.5. The van der Waals surface area contributed by atoms with E-state index in [0.717, 1.165) is 0 Å². The summed E-state index contributed by atoms with van der Waals surface area (Å²) in [5.41, 5.74) is 1.55. The number of rotatable bonds is 0. The molecule has 0 aromatic heterocycles. The van der Waals surface area contributed by atoms with Crippen LogP contribution in [0.15, 0.2) is 35.9 Å². The molecule has 0 spiro atoms. The van der Waals surface area contributed by atoms with Crippen molar-refractivity contribution in [1.29, 1.82) is 0 Å². The van der Waals surface area contributed by atoms with Crippen LogP contribution >= 0.6 is 0 Å². The van der Waals surface area contributed by atoms with E-state index >= 15 is 0 Å². The molecule has 0 amide bonds. The van der Waals surface area contributed by atoms with Gasteiger partial charge in [0, 0.05) is 16.7 Å². The van der Waals surface area contributed by atoms with Crippen LogP contribution < -0.4 is 0 Å². The smallest absolute Gasteiger partial charge is 0.189 e. The first-order valence-corrected chi connectivity index (χ1v) is 5.61. The van der Waals surface area contributed by atoms with Gasteiger partial charge in [0.05, 0.1) is 11.4 Å². The molecule has 0 saturated heterocycles. The van der Waals surface area contributed by atoms with Gasteiger partial charge in [0.15, 0.2) is 11.6 Å². The normalized spacial score (nSPS) is 15.4. The lowest BCUT2D eigenvalue weighted by molar-refractivity contribution is 0.0984. The van der Waals surface area contributed by atoms with Crippen molar-refractivity contribution < 1.29 is 22.9 Å². The van der Waals surface area contributed by atoms with Crippen LogP contribution in [0.25, 0.3) is 0 Å². The Labute approximate surface area is 100 Å². The molecular weight excluding hydrogens is 244 g/mol. The van der Waals surface area contributed by atoms with Gasteiger partial charge in [0.25, 0.3) is 0 Å². The Balaban J connectivity index is 0.000000317. The summed E-state index contributed by atoms with van der Waals surface area (Å²) in [5, 5.41) is 0. The van der Waals surface area contributed by atoms with Crippen LogP contribution in [0.1, 0.15) is 27.6 Å². The molecule has 1 aliphatic carbocycles. The third-order valence-corrected chi connectivity index (χ3v) is 2.14. The molecule has 0 fully saturated rings. The number of carbonyl (C=O) groups excluding carboxylic acids is 2. The highest BCUT2D eigenvalue weighted by Crippen LogP contribution is 2.20. The summed E-state index contributed by atoms with van der Waals surface area (Å²) >= 11 is -2.86. The minimum absolute atomic E-state index is 0.0461. The van der Waals surface area contributed by atoms with Crippen molar-refractivity contribution in [2.45, 2.75) is 6.92 Å². The van der Waals surface area contributed by atoms with Crippen LogP contribution in [0.5, 0.6) is 0 Å². The number of ketones is 2. The van der Waals surface area contributed by atoms with Gasteiger partial charge in [-0.1, -0.05) is 24.3 Å². The van der Waals surface area contributed by atoms with E-state index in [1.165, 1.54) is 6.08 Å². The first-order chi connectivity index (χ1) is 7.93. The summed E-state index contributed by atoms with van der Waals surface area (Å²) in [6.07, 6.45) is 1.39. The second-order valence-electron chi connectivity index (χ2n) is 3.28. The first-order valence-electron chi connectivity index (χ1n) is 4.58. The van der Waals surface area contributed by atoms with Crippen molar-refractivity contribution in [1.82, 2.24) is 0 Å². The topological polar surface area (TPSA) is 94.5 Å². The van der Waals surface area contributed by atoms with Gasteiger partial charge in [-0.05, 0) is 13.0 Å². The minimum Gasteiger partial charge on any atom is -0.750 e. The largest absolute Gasteiger partial charge is 0.750 e. The third-order valence-electron chi connectivity index (χ3n) is 2.14. The molecule has 2 rings (SSSR count). The van der Waals surface area contributed by atoms with E-state index in [1.807, 2.05) is 0 Å². The lowest BCUT2D eigenvalue weighted by Gasteiger charge is -2.11.